The van der Waals surface area contributed by atoms with Crippen molar-refractivity contribution in [2.24, 2.45) is 0 Å². The predicted molar refractivity (Wildman–Crippen MR) is 127 cm³/mol. The fourth-order valence-corrected chi connectivity index (χ4v) is 5.15. The number of hydrogen-bond acceptors (Lipinski definition) is 4. The molecule has 1 fully saturated rings. The molecular formula is C23H23Cl2N3O2S. The molecule has 1 aliphatic rings. The molecule has 3 aromatic rings. The number of benzene rings is 2. The molecule has 0 bridgehead atoms. The van der Waals surface area contributed by atoms with Crippen molar-refractivity contribution in [3.05, 3.63) is 87.5 Å². The number of nitrogens with zero attached hydrogens (tertiary/aromatic N) is 2. The average molecular weight is 476 g/mol. The van der Waals surface area contributed by atoms with Gasteiger partial charge in [0.15, 0.2) is 0 Å². The van der Waals surface area contributed by atoms with Gasteiger partial charge in [-0.15, -0.1) is 0 Å². The van der Waals surface area contributed by atoms with Gasteiger partial charge in [-0.3, -0.25) is 0 Å². The van der Waals surface area contributed by atoms with E-state index in [2.05, 4.69) is 14.6 Å². The molecule has 1 saturated carbocycles. The average Bonchev–Trinajstić information content (AvgIpc) is 3.47. The fourth-order valence-electron chi connectivity index (χ4n) is 3.78. The molecule has 1 aromatic heterocycles. The van der Waals surface area contributed by atoms with Crippen molar-refractivity contribution in [1.29, 1.82) is 0 Å². The summed E-state index contributed by atoms with van der Waals surface area (Å²) in [6.07, 6.45) is 4.45. The number of aryl methyl sites for hydroxylation is 1. The second-order valence-electron chi connectivity index (χ2n) is 8.00. The van der Waals surface area contributed by atoms with Crippen LogP contribution in [0.5, 0.6) is 0 Å². The SMILES string of the molecule is Cc1cc(Cl)ccc1N(Cc1ccc(C2(NS(C)(=O)=O)CC2)cc1)c1ccc(Cl)cn1. The molecule has 31 heavy (non-hydrogen) atoms. The van der Waals surface area contributed by atoms with Crippen molar-refractivity contribution >= 4 is 44.7 Å². The standard InChI is InChI=1S/C23H23Cl2N3O2S/c1-16-13-19(24)7-9-21(16)28(22-10-8-20(25)14-26-22)15-17-3-5-18(6-4-17)23(11-12-23)27-31(2,29)30/h3-10,13-14,27H,11-12,15H2,1-2H3. The van der Waals surface area contributed by atoms with E-state index < -0.39 is 15.6 Å². The highest BCUT2D eigenvalue weighted by Crippen LogP contribution is 2.46. The van der Waals surface area contributed by atoms with E-state index in [1.54, 1.807) is 6.20 Å². The monoisotopic (exact) mass is 475 g/mol. The summed E-state index contributed by atoms with van der Waals surface area (Å²) >= 11 is 12.2. The van der Waals surface area contributed by atoms with Gasteiger partial charge in [-0.05, 0) is 66.8 Å². The molecule has 0 spiro atoms. The molecule has 1 heterocycles. The summed E-state index contributed by atoms with van der Waals surface area (Å²) in [5, 5.41) is 1.26. The van der Waals surface area contributed by atoms with Crippen molar-refractivity contribution in [1.82, 2.24) is 9.71 Å². The molecule has 8 heteroatoms. The van der Waals surface area contributed by atoms with Gasteiger partial charge >= 0.3 is 0 Å². The van der Waals surface area contributed by atoms with Crippen LogP contribution >= 0.6 is 23.2 Å². The molecule has 5 nitrogen and oxygen atoms in total. The second-order valence-corrected chi connectivity index (χ2v) is 10.6. The first-order chi connectivity index (χ1) is 14.7. The number of rotatable bonds is 7. The molecule has 0 atom stereocenters. The first-order valence-corrected chi connectivity index (χ1v) is 12.5. The van der Waals surface area contributed by atoms with E-state index in [-0.39, 0.29) is 0 Å². The summed E-state index contributed by atoms with van der Waals surface area (Å²) in [5.74, 6) is 0.774. The van der Waals surface area contributed by atoms with Crippen LogP contribution in [0.15, 0.2) is 60.8 Å². The van der Waals surface area contributed by atoms with E-state index >= 15 is 0 Å². The van der Waals surface area contributed by atoms with Crippen molar-refractivity contribution < 1.29 is 8.42 Å². The minimum absolute atomic E-state index is 0.462. The largest absolute Gasteiger partial charge is 0.322 e. The van der Waals surface area contributed by atoms with Crippen LogP contribution in [0.4, 0.5) is 11.5 Å². The van der Waals surface area contributed by atoms with E-state index in [4.69, 9.17) is 23.2 Å². The smallest absolute Gasteiger partial charge is 0.209 e. The molecule has 1 aliphatic carbocycles. The van der Waals surface area contributed by atoms with E-state index in [1.807, 2.05) is 61.5 Å². The molecule has 2 aromatic carbocycles. The highest BCUT2D eigenvalue weighted by Gasteiger charge is 2.46. The Morgan fingerprint density at radius 3 is 2.26 bits per heavy atom. The lowest BCUT2D eigenvalue weighted by molar-refractivity contribution is 0.557. The summed E-state index contributed by atoms with van der Waals surface area (Å²) in [6.45, 7) is 2.60. The number of nitrogens with one attached hydrogen (secondary N) is 1. The molecule has 4 rings (SSSR count). The zero-order valence-corrected chi connectivity index (χ0v) is 19.6. The summed E-state index contributed by atoms with van der Waals surface area (Å²) < 4.78 is 26.2. The van der Waals surface area contributed by atoms with Gasteiger partial charge in [-0.1, -0.05) is 47.5 Å². The topological polar surface area (TPSA) is 62.3 Å². The highest BCUT2D eigenvalue weighted by molar-refractivity contribution is 7.88. The first-order valence-electron chi connectivity index (χ1n) is 9.89. The third-order valence-electron chi connectivity index (χ3n) is 5.42. The third kappa shape index (κ3) is 5.21. The lowest BCUT2D eigenvalue weighted by Crippen LogP contribution is -2.33. The Morgan fingerprint density at radius 2 is 1.71 bits per heavy atom. The van der Waals surface area contributed by atoms with Crippen LogP contribution in [0.1, 0.15) is 29.5 Å². The van der Waals surface area contributed by atoms with Crippen LogP contribution in [0.25, 0.3) is 0 Å². The number of anilines is 2. The van der Waals surface area contributed by atoms with Gasteiger partial charge in [0.25, 0.3) is 0 Å². The molecule has 0 unspecified atom stereocenters. The summed E-state index contributed by atoms with van der Waals surface area (Å²) in [6, 6.07) is 17.6. The maximum absolute atomic E-state index is 11.7. The molecule has 0 saturated heterocycles. The minimum Gasteiger partial charge on any atom is -0.322 e. The van der Waals surface area contributed by atoms with Crippen LogP contribution in [-0.2, 0) is 22.1 Å². The van der Waals surface area contributed by atoms with Crippen LogP contribution in [0.2, 0.25) is 10.0 Å². The maximum Gasteiger partial charge on any atom is 0.209 e. The van der Waals surface area contributed by atoms with Gasteiger partial charge in [-0.2, -0.15) is 0 Å². The maximum atomic E-state index is 11.7. The Balaban J connectivity index is 1.64. The zero-order valence-electron chi connectivity index (χ0n) is 17.3. The molecule has 0 radical (unpaired) electrons. The number of hydrogen-bond donors (Lipinski definition) is 1. The Hall–Kier alpha value is -2.12. The zero-order chi connectivity index (χ0) is 22.2. The lowest BCUT2D eigenvalue weighted by atomic mass is 10.0. The molecular weight excluding hydrogens is 453 g/mol. The van der Waals surface area contributed by atoms with Crippen molar-refractivity contribution in [3.8, 4) is 0 Å². The van der Waals surface area contributed by atoms with Gasteiger partial charge in [-0.25, -0.2) is 18.1 Å². The van der Waals surface area contributed by atoms with Crippen LogP contribution in [0, 0.1) is 6.92 Å². The van der Waals surface area contributed by atoms with E-state index in [0.29, 0.717) is 16.6 Å². The molecule has 162 valence electrons. The Kier molecular flexibility index (Phi) is 6.01. The number of sulfonamides is 1. The van der Waals surface area contributed by atoms with Crippen molar-refractivity contribution in [2.75, 3.05) is 11.2 Å². The fraction of sp³-hybridized carbons (Fsp3) is 0.261. The lowest BCUT2D eigenvalue weighted by Gasteiger charge is -2.26. The third-order valence-corrected chi connectivity index (χ3v) is 6.64. The van der Waals surface area contributed by atoms with E-state index in [1.165, 1.54) is 6.26 Å². The quantitative estimate of drug-likeness (QED) is 0.484. The van der Waals surface area contributed by atoms with Crippen molar-refractivity contribution in [2.45, 2.75) is 31.8 Å². The summed E-state index contributed by atoms with van der Waals surface area (Å²) in [5.41, 5.74) is 3.64. The highest BCUT2D eigenvalue weighted by atomic mass is 35.5. The Bertz CT molecular complexity index is 1190. The van der Waals surface area contributed by atoms with E-state index in [9.17, 15) is 8.42 Å². The van der Waals surface area contributed by atoms with Crippen molar-refractivity contribution in [3.63, 3.8) is 0 Å². The van der Waals surface area contributed by atoms with E-state index in [0.717, 1.165) is 41.0 Å². The van der Waals surface area contributed by atoms with Gasteiger partial charge in [0.2, 0.25) is 10.0 Å². The summed E-state index contributed by atoms with van der Waals surface area (Å²) in [4.78, 5) is 6.62. The number of halogens is 2. The molecule has 0 aliphatic heterocycles. The number of aromatic nitrogens is 1. The summed E-state index contributed by atoms with van der Waals surface area (Å²) in [7, 11) is -3.27. The van der Waals surface area contributed by atoms with Gasteiger partial charge in [0, 0.05) is 23.5 Å². The predicted octanol–water partition coefficient (Wildman–Crippen LogP) is 5.57. The van der Waals surface area contributed by atoms with Gasteiger partial charge in [0.05, 0.1) is 16.8 Å². The first kappa shape index (κ1) is 22.1. The Morgan fingerprint density at radius 1 is 1.03 bits per heavy atom. The van der Waals surface area contributed by atoms with Crippen LogP contribution < -0.4 is 9.62 Å². The normalized spacial score (nSPS) is 15.0. The number of pyridine rings is 1. The Labute approximate surface area is 193 Å². The minimum atomic E-state index is -3.27. The van der Waals surface area contributed by atoms with Gasteiger partial charge in [0.1, 0.15) is 5.82 Å². The second kappa shape index (κ2) is 8.43. The van der Waals surface area contributed by atoms with Crippen LogP contribution in [0.3, 0.4) is 0 Å². The molecule has 1 N–H and O–H groups in total. The molecule has 0 amide bonds. The van der Waals surface area contributed by atoms with Crippen LogP contribution in [-0.4, -0.2) is 19.7 Å². The van der Waals surface area contributed by atoms with Gasteiger partial charge < -0.3 is 4.90 Å².